The van der Waals surface area contributed by atoms with Gasteiger partial charge in [-0.2, -0.15) is 0 Å². The molecule has 0 amide bonds. The number of rotatable bonds is 10. The molecule has 1 fully saturated rings. The van der Waals surface area contributed by atoms with E-state index in [-0.39, 0.29) is 29.8 Å². The van der Waals surface area contributed by atoms with Gasteiger partial charge in [-0.15, -0.1) is 11.8 Å². The number of aliphatic carboxylic acids is 1. The third-order valence-corrected chi connectivity index (χ3v) is 4.35. The average molecular weight is 332 g/mol. The number of hydrogen-bond donors (Lipinski definition) is 1. The lowest BCUT2D eigenvalue weighted by atomic mass is 9.91. The number of allylic oxidation sites excluding steroid dienone is 2. The Morgan fingerprint density at radius 2 is 2.00 bits per heavy atom. The van der Waals surface area contributed by atoms with Gasteiger partial charge in [0.15, 0.2) is 5.78 Å². The molecule has 0 heterocycles. The lowest BCUT2D eigenvalue weighted by Crippen LogP contribution is -2.12. The van der Waals surface area contributed by atoms with E-state index in [1.165, 1.54) is 0 Å². The van der Waals surface area contributed by atoms with Crippen molar-refractivity contribution in [3.8, 4) is 11.8 Å². The molecule has 0 radical (unpaired) electrons. The molecule has 0 bridgehead atoms. The monoisotopic (exact) mass is 332 g/mol. The van der Waals surface area contributed by atoms with Gasteiger partial charge >= 0.3 is 5.97 Å². The maximum Gasteiger partial charge on any atom is 0.303 e. The van der Waals surface area contributed by atoms with E-state index >= 15 is 0 Å². The molecule has 4 nitrogen and oxygen atoms in total. The van der Waals surface area contributed by atoms with Gasteiger partial charge in [-0.1, -0.05) is 19.4 Å². The molecule has 1 saturated carbocycles. The Balaban J connectivity index is 2.38. The van der Waals surface area contributed by atoms with E-state index in [0.717, 1.165) is 25.7 Å². The predicted molar refractivity (Wildman–Crippen MR) is 93.4 cm³/mol. The highest BCUT2D eigenvalue weighted by atomic mass is 16.4. The van der Waals surface area contributed by atoms with Crippen molar-refractivity contribution in [3.05, 3.63) is 12.2 Å². The summed E-state index contributed by atoms with van der Waals surface area (Å²) in [6.45, 7) is 2.06. The molecule has 2 unspecified atom stereocenters. The minimum absolute atomic E-state index is 0.0910. The molecule has 1 aliphatic rings. The second kappa shape index (κ2) is 11.6. The van der Waals surface area contributed by atoms with Crippen molar-refractivity contribution < 1.29 is 19.5 Å². The van der Waals surface area contributed by atoms with Gasteiger partial charge in [0.2, 0.25) is 0 Å². The zero-order valence-corrected chi connectivity index (χ0v) is 14.6. The zero-order valence-electron chi connectivity index (χ0n) is 14.6. The fourth-order valence-electron chi connectivity index (χ4n) is 2.86. The Labute approximate surface area is 144 Å². The van der Waals surface area contributed by atoms with Crippen LogP contribution in [0.2, 0.25) is 0 Å². The van der Waals surface area contributed by atoms with Gasteiger partial charge in [-0.05, 0) is 37.7 Å². The molecule has 0 aliphatic heterocycles. The van der Waals surface area contributed by atoms with Crippen molar-refractivity contribution in [1.29, 1.82) is 0 Å². The molecule has 1 N–H and O–H groups in total. The minimum atomic E-state index is -0.775. The summed E-state index contributed by atoms with van der Waals surface area (Å²) in [5.41, 5.74) is 0. The summed E-state index contributed by atoms with van der Waals surface area (Å²) >= 11 is 0. The fourth-order valence-corrected chi connectivity index (χ4v) is 2.86. The van der Waals surface area contributed by atoms with Gasteiger partial charge in [0.25, 0.3) is 0 Å². The zero-order chi connectivity index (χ0) is 17.8. The first-order valence-electron chi connectivity index (χ1n) is 8.95. The maximum atomic E-state index is 12.0. The van der Waals surface area contributed by atoms with Crippen LogP contribution < -0.4 is 0 Å². The van der Waals surface area contributed by atoms with Crippen LogP contribution in [0.15, 0.2) is 12.2 Å². The van der Waals surface area contributed by atoms with Crippen LogP contribution in [0.1, 0.15) is 71.1 Å². The fraction of sp³-hybridized carbons (Fsp3) is 0.650. The highest BCUT2D eigenvalue weighted by molar-refractivity contribution is 5.90. The molecule has 1 rings (SSSR count). The van der Waals surface area contributed by atoms with Crippen LogP contribution in [0, 0.1) is 23.7 Å². The molecule has 1 aliphatic carbocycles. The summed E-state index contributed by atoms with van der Waals surface area (Å²) in [5, 5.41) is 8.55. The predicted octanol–water partition coefficient (Wildman–Crippen LogP) is 3.94. The Hall–Kier alpha value is -1.89. The number of unbranched alkanes of at least 4 members (excludes halogenated alkanes) is 3. The van der Waals surface area contributed by atoms with Gasteiger partial charge in [0.1, 0.15) is 5.78 Å². The first-order valence-corrected chi connectivity index (χ1v) is 8.95. The molecule has 132 valence electrons. The highest BCUT2D eigenvalue weighted by Gasteiger charge is 2.32. The number of ketones is 2. The summed E-state index contributed by atoms with van der Waals surface area (Å²) in [6, 6.07) is 0. The first-order chi connectivity index (χ1) is 11.5. The molecular formula is C20H28O4. The molecule has 0 aromatic rings. The number of carboxylic acid groups (broad SMARTS) is 1. The van der Waals surface area contributed by atoms with E-state index in [4.69, 9.17) is 5.11 Å². The lowest BCUT2D eigenvalue weighted by molar-refractivity contribution is -0.137. The number of Topliss-reactive ketones (excluding diaryl/α,β-unsaturated/α-hetero) is 1. The number of carbonyl (C=O) groups is 3. The Morgan fingerprint density at radius 3 is 2.71 bits per heavy atom. The largest absolute Gasteiger partial charge is 0.481 e. The summed E-state index contributed by atoms with van der Waals surface area (Å²) in [4.78, 5) is 34.1. The Bertz CT molecular complexity index is 521. The van der Waals surface area contributed by atoms with Gasteiger partial charge in [0.05, 0.1) is 0 Å². The second-order valence-electron chi connectivity index (χ2n) is 6.36. The van der Waals surface area contributed by atoms with E-state index in [2.05, 4.69) is 18.8 Å². The first kappa shape index (κ1) is 20.2. The van der Waals surface area contributed by atoms with E-state index in [9.17, 15) is 14.4 Å². The minimum Gasteiger partial charge on any atom is -0.481 e. The maximum absolute atomic E-state index is 12.0. The summed E-state index contributed by atoms with van der Waals surface area (Å²) in [7, 11) is 0. The SMILES string of the molecule is CCCCC(=O)/C=C/C1CCC(=O)C1CC#CCCCCC(=O)O. The molecule has 24 heavy (non-hydrogen) atoms. The van der Waals surface area contributed by atoms with E-state index < -0.39 is 5.97 Å². The van der Waals surface area contributed by atoms with Crippen molar-refractivity contribution in [2.75, 3.05) is 0 Å². The van der Waals surface area contributed by atoms with Crippen molar-refractivity contribution in [2.45, 2.75) is 71.1 Å². The topological polar surface area (TPSA) is 71.4 Å². The third-order valence-electron chi connectivity index (χ3n) is 4.35. The van der Waals surface area contributed by atoms with Gasteiger partial charge in [-0.3, -0.25) is 14.4 Å². The van der Waals surface area contributed by atoms with E-state index in [1.807, 2.05) is 6.08 Å². The third kappa shape index (κ3) is 8.10. The van der Waals surface area contributed by atoms with Crippen molar-refractivity contribution in [1.82, 2.24) is 0 Å². The van der Waals surface area contributed by atoms with Crippen molar-refractivity contribution in [3.63, 3.8) is 0 Å². The quantitative estimate of drug-likeness (QED) is 0.374. The highest BCUT2D eigenvalue weighted by Crippen LogP contribution is 2.32. The van der Waals surface area contributed by atoms with Gasteiger partial charge in [0, 0.05) is 38.0 Å². The summed E-state index contributed by atoms with van der Waals surface area (Å²) < 4.78 is 0. The van der Waals surface area contributed by atoms with Crippen LogP contribution in [0.25, 0.3) is 0 Å². The van der Waals surface area contributed by atoms with Crippen LogP contribution in [0.4, 0.5) is 0 Å². The molecular weight excluding hydrogens is 304 g/mol. The van der Waals surface area contributed by atoms with Crippen LogP contribution in [0.3, 0.4) is 0 Å². The van der Waals surface area contributed by atoms with Crippen LogP contribution >= 0.6 is 0 Å². The number of carbonyl (C=O) groups excluding carboxylic acids is 2. The Kier molecular flexibility index (Phi) is 9.76. The molecule has 4 heteroatoms. The molecule has 0 spiro atoms. The normalized spacial score (nSPS) is 20.1. The Morgan fingerprint density at radius 1 is 1.21 bits per heavy atom. The summed E-state index contributed by atoms with van der Waals surface area (Å²) in [5.74, 6) is 5.74. The lowest BCUT2D eigenvalue weighted by Gasteiger charge is -2.11. The van der Waals surface area contributed by atoms with E-state index in [0.29, 0.717) is 32.1 Å². The van der Waals surface area contributed by atoms with Crippen molar-refractivity contribution >= 4 is 17.5 Å². The number of hydrogen-bond acceptors (Lipinski definition) is 3. The smallest absolute Gasteiger partial charge is 0.303 e. The van der Waals surface area contributed by atoms with Crippen molar-refractivity contribution in [2.24, 2.45) is 11.8 Å². The average Bonchev–Trinajstić information content (AvgIpc) is 2.90. The van der Waals surface area contributed by atoms with Crippen LogP contribution in [-0.2, 0) is 14.4 Å². The van der Waals surface area contributed by atoms with Gasteiger partial charge in [-0.25, -0.2) is 0 Å². The van der Waals surface area contributed by atoms with E-state index in [1.54, 1.807) is 6.08 Å². The van der Waals surface area contributed by atoms with Gasteiger partial charge < -0.3 is 5.11 Å². The summed E-state index contributed by atoms with van der Waals surface area (Å²) in [6.07, 6.45) is 10.2. The number of carboxylic acids is 1. The molecule has 2 atom stereocenters. The molecule has 0 saturated heterocycles. The van der Waals surface area contributed by atoms with Crippen LogP contribution in [0.5, 0.6) is 0 Å². The standard InChI is InChI=1S/C20H28O4/c1-2-3-9-17(21)14-12-16-13-15-19(22)18(16)10-7-5-4-6-8-11-20(23)24/h12,14,16,18H,2-4,6,8-11,13,15H2,1H3,(H,23,24)/b14-12+. The molecule has 0 aromatic carbocycles. The second-order valence-corrected chi connectivity index (χ2v) is 6.36. The molecule has 0 aromatic heterocycles. The van der Waals surface area contributed by atoms with Crippen LogP contribution in [-0.4, -0.2) is 22.6 Å².